The normalized spacial score (nSPS) is 10.1. The summed E-state index contributed by atoms with van der Waals surface area (Å²) >= 11 is 6.10. The average Bonchev–Trinajstić information content (AvgIpc) is 2.30. The summed E-state index contributed by atoms with van der Waals surface area (Å²) in [6.45, 7) is 1.54. The number of aromatic nitrogens is 1. The van der Waals surface area contributed by atoms with Gasteiger partial charge in [-0.05, 0) is 42.8 Å². The van der Waals surface area contributed by atoms with Crippen LogP contribution in [0, 0.1) is 0 Å². The van der Waals surface area contributed by atoms with E-state index in [2.05, 4.69) is 4.98 Å². The lowest BCUT2D eigenvalue weighted by Gasteiger charge is -2.05. The minimum absolute atomic E-state index is 0.0342. The van der Waals surface area contributed by atoms with Crippen molar-refractivity contribution >= 4 is 17.4 Å². The SMILES string of the molecule is CC(=O)c1ccc(Cl)c(-c2ccncc2)c1. The van der Waals surface area contributed by atoms with Gasteiger partial charge in [-0.25, -0.2) is 0 Å². The number of hydrogen-bond donors (Lipinski definition) is 0. The summed E-state index contributed by atoms with van der Waals surface area (Å²) in [5.74, 6) is 0.0342. The third-order valence-corrected chi connectivity index (χ3v) is 2.69. The van der Waals surface area contributed by atoms with Crippen molar-refractivity contribution in [3.8, 4) is 11.1 Å². The molecule has 0 atom stereocenters. The van der Waals surface area contributed by atoms with Gasteiger partial charge in [0, 0.05) is 28.5 Å². The average molecular weight is 232 g/mol. The van der Waals surface area contributed by atoms with E-state index in [9.17, 15) is 4.79 Å². The number of Topliss-reactive ketones (excluding diaryl/α,β-unsaturated/α-hetero) is 1. The molecule has 0 saturated carbocycles. The molecular formula is C13H10ClNO. The molecule has 16 heavy (non-hydrogen) atoms. The quantitative estimate of drug-likeness (QED) is 0.739. The Hall–Kier alpha value is -1.67. The van der Waals surface area contributed by atoms with Gasteiger partial charge in [0.2, 0.25) is 0 Å². The van der Waals surface area contributed by atoms with E-state index in [1.54, 1.807) is 37.5 Å². The third-order valence-electron chi connectivity index (χ3n) is 2.36. The molecule has 0 unspecified atom stereocenters. The molecule has 0 bridgehead atoms. The van der Waals surface area contributed by atoms with E-state index >= 15 is 0 Å². The van der Waals surface area contributed by atoms with Gasteiger partial charge < -0.3 is 0 Å². The van der Waals surface area contributed by atoms with Crippen LogP contribution in [0.2, 0.25) is 5.02 Å². The van der Waals surface area contributed by atoms with Crippen LogP contribution in [-0.2, 0) is 0 Å². The molecule has 1 aromatic heterocycles. The van der Waals surface area contributed by atoms with Crippen LogP contribution >= 0.6 is 11.6 Å². The smallest absolute Gasteiger partial charge is 0.159 e. The molecule has 2 aromatic rings. The van der Waals surface area contributed by atoms with Crippen molar-refractivity contribution in [2.75, 3.05) is 0 Å². The van der Waals surface area contributed by atoms with Gasteiger partial charge in [0.05, 0.1) is 0 Å². The number of carbonyl (C=O) groups excluding carboxylic acids is 1. The molecule has 0 saturated heterocycles. The maximum atomic E-state index is 11.3. The number of hydrogen-bond acceptors (Lipinski definition) is 2. The molecule has 2 nitrogen and oxygen atoms in total. The Bertz CT molecular complexity index is 523. The van der Waals surface area contributed by atoms with E-state index in [0.29, 0.717) is 10.6 Å². The topological polar surface area (TPSA) is 30.0 Å². The summed E-state index contributed by atoms with van der Waals surface area (Å²) in [6, 6.07) is 9.01. The zero-order valence-electron chi connectivity index (χ0n) is 8.77. The molecule has 80 valence electrons. The number of ketones is 1. The molecule has 3 heteroatoms. The summed E-state index contributed by atoms with van der Waals surface area (Å²) in [6.07, 6.45) is 3.40. The number of benzene rings is 1. The summed E-state index contributed by atoms with van der Waals surface area (Å²) in [7, 11) is 0. The zero-order chi connectivity index (χ0) is 11.5. The largest absolute Gasteiger partial charge is 0.295 e. The van der Waals surface area contributed by atoms with Crippen molar-refractivity contribution in [3.05, 3.63) is 53.3 Å². The minimum atomic E-state index is 0.0342. The van der Waals surface area contributed by atoms with Crippen LogP contribution in [0.3, 0.4) is 0 Å². The maximum Gasteiger partial charge on any atom is 0.159 e. The number of carbonyl (C=O) groups is 1. The van der Waals surface area contributed by atoms with Crippen LogP contribution in [0.5, 0.6) is 0 Å². The Morgan fingerprint density at radius 2 is 1.88 bits per heavy atom. The highest BCUT2D eigenvalue weighted by Gasteiger charge is 2.06. The van der Waals surface area contributed by atoms with E-state index in [0.717, 1.165) is 11.1 Å². The van der Waals surface area contributed by atoms with Crippen LogP contribution in [0.15, 0.2) is 42.7 Å². The van der Waals surface area contributed by atoms with Crippen LogP contribution < -0.4 is 0 Å². The molecule has 0 radical (unpaired) electrons. The number of pyridine rings is 1. The Morgan fingerprint density at radius 3 is 2.50 bits per heavy atom. The predicted molar refractivity (Wildman–Crippen MR) is 64.7 cm³/mol. The van der Waals surface area contributed by atoms with Gasteiger partial charge >= 0.3 is 0 Å². The minimum Gasteiger partial charge on any atom is -0.295 e. The molecule has 0 aliphatic carbocycles. The fourth-order valence-corrected chi connectivity index (χ4v) is 1.72. The Morgan fingerprint density at radius 1 is 1.19 bits per heavy atom. The Labute approximate surface area is 98.9 Å². The summed E-state index contributed by atoms with van der Waals surface area (Å²) in [5, 5.41) is 0.635. The fourth-order valence-electron chi connectivity index (χ4n) is 1.50. The number of rotatable bonds is 2. The maximum absolute atomic E-state index is 11.3. The first kappa shape index (κ1) is 10.8. The van der Waals surface area contributed by atoms with Gasteiger partial charge in [-0.15, -0.1) is 0 Å². The lowest BCUT2D eigenvalue weighted by atomic mass is 10.0. The second-order valence-electron chi connectivity index (χ2n) is 3.49. The molecule has 1 aromatic carbocycles. The fraction of sp³-hybridized carbons (Fsp3) is 0.0769. The van der Waals surface area contributed by atoms with Crippen LogP contribution in [0.25, 0.3) is 11.1 Å². The highest BCUT2D eigenvalue weighted by Crippen LogP contribution is 2.28. The molecule has 2 rings (SSSR count). The van der Waals surface area contributed by atoms with Crippen LogP contribution in [-0.4, -0.2) is 10.8 Å². The first-order valence-corrected chi connectivity index (χ1v) is 5.27. The first-order chi connectivity index (χ1) is 7.68. The van der Waals surface area contributed by atoms with E-state index in [1.807, 2.05) is 12.1 Å². The molecule has 0 spiro atoms. The Kier molecular flexibility index (Phi) is 3.02. The standard InChI is InChI=1S/C13H10ClNO/c1-9(16)11-2-3-13(14)12(8-11)10-4-6-15-7-5-10/h2-8H,1H3. The van der Waals surface area contributed by atoms with E-state index < -0.39 is 0 Å². The first-order valence-electron chi connectivity index (χ1n) is 4.89. The monoisotopic (exact) mass is 231 g/mol. The number of halogens is 1. The summed E-state index contributed by atoms with van der Waals surface area (Å²) < 4.78 is 0. The van der Waals surface area contributed by atoms with Gasteiger partial charge in [0.25, 0.3) is 0 Å². The summed E-state index contributed by atoms with van der Waals surface area (Å²) in [5.41, 5.74) is 2.48. The van der Waals surface area contributed by atoms with Gasteiger partial charge in [-0.2, -0.15) is 0 Å². The summed E-state index contributed by atoms with van der Waals surface area (Å²) in [4.78, 5) is 15.2. The van der Waals surface area contributed by atoms with Gasteiger partial charge in [0.1, 0.15) is 0 Å². The van der Waals surface area contributed by atoms with Crippen molar-refractivity contribution in [3.63, 3.8) is 0 Å². The van der Waals surface area contributed by atoms with Crippen molar-refractivity contribution < 1.29 is 4.79 Å². The lowest BCUT2D eigenvalue weighted by Crippen LogP contribution is -1.92. The third kappa shape index (κ3) is 2.12. The zero-order valence-corrected chi connectivity index (χ0v) is 9.53. The van der Waals surface area contributed by atoms with E-state index in [4.69, 9.17) is 11.6 Å². The van der Waals surface area contributed by atoms with Crippen LogP contribution in [0.4, 0.5) is 0 Å². The van der Waals surface area contributed by atoms with E-state index in [1.165, 1.54) is 0 Å². The predicted octanol–water partition coefficient (Wildman–Crippen LogP) is 3.60. The molecule has 1 heterocycles. The van der Waals surface area contributed by atoms with Gasteiger partial charge in [0.15, 0.2) is 5.78 Å². The van der Waals surface area contributed by atoms with Gasteiger partial charge in [-0.1, -0.05) is 11.6 Å². The van der Waals surface area contributed by atoms with Gasteiger partial charge in [-0.3, -0.25) is 9.78 Å². The van der Waals surface area contributed by atoms with E-state index in [-0.39, 0.29) is 5.78 Å². The Balaban J connectivity index is 2.56. The van der Waals surface area contributed by atoms with Crippen molar-refractivity contribution in [2.45, 2.75) is 6.92 Å². The molecule has 0 aliphatic rings. The molecule has 0 amide bonds. The van der Waals surface area contributed by atoms with Crippen molar-refractivity contribution in [1.29, 1.82) is 0 Å². The van der Waals surface area contributed by atoms with Crippen molar-refractivity contribution in [1.82, 2.24) is 4.98 Å². The lowest BCUT2D eigenvalue weighted by molar-refractivity contribution is 0.101. The van der Waals surface area contributed by atoms with Crippen LogP contribution in [0.1, 0.15) is 17.3 Å². The molecule has 0 aliphatic heterocycles. The van der Waals surface area contributed by atoms with Crippen molar-refractivity contribution in [2.24, 2.45) is 0 Å². The molecular weight excluding hydrogens is 222 g/mol. The highest BCUT2D eigenvalue weighted by atomic mass is 35.5. The molecule has 0 fully saturated rings. The molecule has 0 N–H and O–H groups in total. The second kappa shape index (κ2) is 4.45. The number of nitrogens with zero attached hydrogens (tertiary/aromatic N) is 1. The second-order valence-corrected chi connectivity index (χ2v) is 3.89. The highest BCUT2D eigenvalue weighted by molar-refractivity contribution is 6.33.